The summed E-state index contributed by atoms with van der Waals surface area (Å²) >= 11 is 0. The smallest absolute Gasteiger partial charge is 0.116 e. The van der Waals surface area contributed by atoms with Crippen LogP contribution < -0.4 is 0 Å². The van der Waals surface area contributed by atoms with Crippen molar-refractivity contribution >= 4 is 10.8 Å². The number of hydrogen-bond donors (Lipinski definition) is 1. The third-order valence-electron chi connectivity index (χ3n) is 5.01. The van der Waals surface area contributed by atoms with Crippen LogP contribution in [-0.2, 0) is 0 Å². The van der Waals surface area contributed by atoms with E-state index in [0.717, 1.165) is 10.8 Å². The Balaban J connectivity index is 1.76. The number of benzene rings is 4. The molecule has 114 valence electrons. The lowest BCUT2D eigenvalue weighted by atomic mass is 9.88. The standard InChI is InChI=1S/C23H16O/c24-18-12-11-15-13-17(10-9-16(15)14-18)23-21-7-3-1-5-19(21)20-6-2-4-8-22(20)23/h1-14,23-24H. The van der Waals surface area contributed by atoms with Crippen LogP contribution in [0.25, 0.3) is 21.9 Å². The fraction of sp³-hybridized carbons (Fsp3) is 0.0435. The molecule has 0 fully saturated rings. The Hall–Kier alpha value is -3.06. The van der Waals surface area contributed by atoms with Gasteiger partial charge in [-0.15, -0.1) is 0 Å². The van der Waals surface area contributed by atoms with Crippen LogP contribution >= 0.6 is 0 Å². The van der Waals surface area contributed by atoms with Gasteiger partial charge in [-0.2, -0.15) is 0 Å². The highest BCUT2D eigenvalue weighted by Gasteiger charge is 2.29. The number of phenols is 1. The summed E-state index contributed by atoms with van der Waals surface area (Å²) < 4.78 is 0. The second kappa shape index (κ2) is 4.97. The molecule has 0 aromatic heterocycles. The number of aromatic hydroxyl groups is 1. The maximum atomic E-state index is 9.67. The average Bonchev–Trinajstić information content (AvgIpc) is 2.96. The van der Waals surface area contributed by atoms with Crippen LogP contribution in [0.2, 0.25) is 0 Å². The first kappa shape index (κ1) is 13.4. The molecular formula is C23H16O. The molecule has 0 saturated heterocycles. The molecule has 1 N–H and O–H groups in total. The van der Waals surface area contributed by atoms with Crippen LogP contribution in [0.5, 0.6) is 5.75 Å². The van der Waals surface area contributed by atoms with Gasteiger partial charge in [0.15, 0.2) is 0 Å². The Morgan fingerprint density at radius 2 is 1.17 bits per heavy atom. The highest BCUT2D eigenvalue weighted by Crippen LogP contribution is 2.48. The summed E-state index contributed by atoms with van der Waals surface area (Å²) in [5.41, 5.74) is 6.71. The zero-order valence-electron chi connectivity index (χ0n) is 13.1. The van der Waals surface area contributed by atoms with Gasteiger partial charge in [0.05, 0.1) is 0 Å². The Morgan fingerprint density at radius 3 is 1.88 bits per heavy atom. The van der Waals surface area contributed by atoms with Crippen LogP contribution in [0, 0.1) is 0 Å². The predicted octanol–water partition coefficient (Wildman–Crippen LogP) is 5.71. The van der Waals surface area contributed by atoms with Crippen LogP contribution in [0.3, 0.4) is 0 Å². The van der Waals surface area contributed by atoms with Crippen molar-refractivity contribution in [1.82, 2.24) is 0 Å². The lowest BCUT2D eigenvalue weighted by molar-refractivity contribution is 0.476. The summed E-state index contributed by atoms with van der Waals surface area (Å²) in [7, 11) is 0. The maximum absolute atomic E-state index is 9.67. The molecular weight excluding hydrogens is 292 g/mol. The fourth-order valence-corrected chi connectivity index (χ4v) is 3.95. The monoisotopic (exact) mass is 308 g/mol. The van der Waals surface area contributed by atoms with Gasteiger partial charge in [0.2, 0.25) is 0 Å². The van der Waals surface area contributed by atoms with Crippen molar-refractivity contribution in [2.75, 3.05) is 0 Å². The first-order chi connectivity index (χ1) is 11.8. The van der Waals surface area contributed by atoms with Crippen molar-refractivity contribution in [3.05, 3.63) is 102 Å². The van der Waals surface area contributed by atoms with Crippen molar-refractivity contribution in [1.29, 1.82) is 0 Å². The van der Waals surface area contributed by atoms with Crippen molar-refractivity contribution in [3.63, 3.8) is 0 Å². The van der Waals surface area contributed by atoms with E-state index in [1.54, 1.807) is 6.07 Å². The predicted molar refractivity (Wildman–Crippen MR) is 98.4 cm³/mol. The minimum absolute atomic E-state index is 0.274. The van der Waals surface area contributed by atoms with Crippen molar-refractivity contribution in [3.8, 4) is 16.9 Å². The third kappa shape index (κ3) is 1.88. The second-order valence-corrected chi connectivity index (χ2v) is 6.40. The quantitative estimate of drug-likeness (QED) is 0.421. The van der Waals surface area contributed by atoms with Gasteiger partial charge >= 0.3 is 0 Å². The first-order valence-corrected chi connectivity index (χ1v) is 8.22. The topological polar surface area (TPSA) is 20.2 Å². The minimum atomic E-state index is 0.274. The summed E-state index contributed by atoms with van der Waals surface area (Å²) in [6.45, 7) is 0. The van der Waals surface area contributed by atoms with Gasteiger partial charge < -0.3 is 5.11 Å². The Morgan fingerprint density at radius 1 is 0.583 bits per heavy atom. The number of phenolic OH excluding ortho intramolecular Hbond substituents is 1. The molecule has 0 aliphatic heterocycles. The highest BCUT2D eigenvalue weighted by atomic mass is 16.3. The van der Waals surface area contributed by atoms with E-state index < -0.39 is 0 Å². The Bertz CT molecular complexity index is 1030. The first-order valence-electron chi connectivity index (χ1n) is 8.22. The van der Waals surface area contributed by atoms with Gasteiger partial charge in [0.25, 0.3) is 0 Å². The minimum Gasteiger partial charge on any atom is -0.508 e. The molecule has 1 heteroatoms. The summed E-state index contributed by atoms with van der Waals surface area (Å²) in [5, 5.41) is 11.9. The van der Waals surface area contributed by atoms with Gasteiger partial charge in [-0.25, -0.2) is 0 Å². The Labute approximate surface area is 140 Å². The molecule has 0 heterocycles. The van der Waals surface area contributed by atoms with Crippen molar-refractivity contribution in [2.24, 2.45) is 0 Å². The molecule has 24 heavy (non-hydrogen) atoms. The van der Waals surface area contributed by atoms with E-state index in [4.69, 9.17) is 0 Å². The molecule has 4 aromatic carbocycles. The number of rotatable bonds is 1. The molecule has 5 rings (SSSR count). The number of fused-ring (bicyclic) bond motifs is 4. The lowest BCUT2D eigenvalue weighted by Gasteiger charge is -2.15. The molecule has 0 amide bonds. The summed E-state index contributed by atoms with van der Waals surface area (Å²) in [6, 6.07) is 29.5. The van der Waals surface area contributed by atoms with Crippen molar-refractivity contribution in [2.45, 2.75) is 5.92 Å². The SMILES string of the molecule is Oc1ccc2cc(C3c4ccccc4-c4ccccc43)ccc2c1. The summed E-state index contributed by atoms with van der Waals surface area (Å²) in [6.07, 6.45) is 0. The van der Waals surface area contributed by atoms with E-state index in [9.17, 15) is 5.11 Å². The highest BCUT2D eigenvalue weighted by molar-refractivity contribution is 5.86. The molecule has 0 atom stereocenters. The molecule has 1 aliphatic carbocycles. The van der Waals surface area contributed by atoms with E-state index in [1.807, 2.05) is 12.1 Å². The Kier molecular flexibility index (Phi) is 2.77. The normalized spacial score (nSPS) is 13.0. The van der Waals surface area contributed by atoms with Gasteiger partial charge in [-0.3, -0.25) is 0 Å². The summed E-state index contributed by atoms with van der Waals surface area (Å²) in [5.74, 6) is 0.586. The van der Waals surface area contributed by atoms with Crippen LogP contribution in [0.15, 0.2) is 84.9 Å². The molecule has 0 bridgehead atoms. The zero-order valence-corrected chi connectivity index (χ0v) is 13.1. The second-order valence-electron chi connectivity index (χ2n) is 6.40. The maximum Gasteiger partial charge on any atom is 0.116 e. The van der Waals surface area contributed by atoms with E-state index in [1.165, 1.54) is 27.8 Å². The van der Waals surface area contributed by atoms with Crippen molar-refractivity contribution < 1.29 is 5.11 Å². The molecule has 0 saturated carbocycles. The van der Waals surface area contributed by atoms with Gasteiger partial charge in [-0.05, 0) is 50.7 Å². The number of hydrogen-bond acceptors (Lipinski definition) is 1. The van der Waals surface area contributed by atoms with Crippen LogP contribution in [0.1, 0.15) is 22.6 Å². The van der Waals surface area contributed by atoms with E-state index in [-0.39, 0.29) is 5.92 Å². The molecule has 0 radical (unpaired) electrons. The fourth-order valence-electron chi connectivity index (χ4n) is 3.95. The summed E-state index contributed by atoms with van der Waals surface area (Å²) in [4.78, 5) is 0. The molecule has 1 nitrogen and oxygen atoms in total. The molecule has 1 aliphatic rings. The van der Waals surface area contributed by atoms with Crippen LogP contribution in [-0.4, -0.2) is 5.11 Å². The zero-order chi connectivity index (χ0) is 16.1. The molecule has 4 aromatic rings. The van der Waals surface area contributed by atoms with Crippen LogP contribution in [0.4, 0.5) is 0 Å². The van der Waals surface area contributed by atoms with Gasteiger partial charge in [-0.1, -0.05) is 72.8 Å². The van der Waals surface area contributed by atoms with E-state index >= 15 is 0 Å². The molecule has 0 unspecified atom stereocenters. The average molecular weight is 308 g/mol. The largest absolute Gasteiger partial charge is 0.508 e. The third-order valence-corrected chi connectivity index (χ3v) is 5.01. The lowest BCUT2D eigenvalue weighted by Crippen LogP contribution is -1.98. The van der Waals surface area contributed by atoms with Gasteiger partial charge in [0, 0.05) is 5.92 Å². The molecule has 0 spiro atoms. The van der Waals surface area contributed by atoms with E-state index in [2.05, 4.69) is 66.7 Å². The van der Waals surface area contributed by atoms with E-state index in [0.29, 0.717) is 5.75 Å². The van der Waals surface area contributed by atoms with Gasteiger partial charge in [0.1, 0.15) is 5.75 Å².